The lowest BCUT2D eigenvalue weighted by atomic mass is 9.95. The van der Waals surface area contributed by atoms with Gasteiger partial charge < -0.3 is 0 Å². The molecular formula is C13H15NS. The van der Waals surface area contributed by atoms with Crippen molar-refractivity contribution in [2.75, 3.05) is 0 Å². The van der Waals surface area contributed by atoms with Crippen LogP contribution < -0.4 is 0 Å². The molecule has 0 aromatic carbocycles. The van der Waals surface area contributed by atoms with Gasteiger partial charge in [0.25, 0.3) is 0 Å². The van der Waals surface area contributed by atoms with E-state index in [-0.39, 0.29) is 5.54 Å². The van der Waals surface area contributed by atoms with Crippen LogP contribution in [-0.2, 0) is 0 Å². The van der Waals surface area contributed by atoms with Crippen molar-refractivity contribution in [2.24, 2.45) is 4.99 Å². The molecule has 0 radical (unpaired) electrons. The van der Waals surface area contributed by atoms with Crippen LogP contribution in [0, 0.1) is 0 Å². The average Bonchev–Trinajstić information content (AvgIpc) is 2.73. The Morgan fingerprint density at radius 3 is 2.73 bits per heavy atom. The fourth-order valence-corrected chi connectivity index (χ4v) is 2.36. The normalized spacial score (nSPS) is 25.8. The van der Waals surface area contributed by atoms with Crippen LogP contribution in [-0.4, -0.2) is 11.3 Å². The lowest BCUT2D eigenvalue weighted by Crippen LogP contribution is -2.17. The number of nitrogens with zero attached hydrogens (tertiary/aromatic N) is 1. The van der Waals surface area contributed by atoms with Crippen molar-refractivity contribution in [1.82, 2.24) is 0 Å². The van der Waals surface area contributed by atoms with E-state index < -0.39 is 0 Å². The molecule has 0 bridgehead atoms. The Morgan fingerprint density at radius 2 is 2.20 bits per heavy atom. The molecule has 1 aromatic heterocycles. The zero-order chi connectivity index (χ0) is 10.9. The number of rotatable bonds is 2. The number of allylic oxidation sites excluding steroid dienone is 1. The van der Waals surface area contributed by atoms with E-state index >= 15 is 0 Å². The molecule has 0 aliphatic carbocycles. The molecule has 2 heterocycles. The van der Waals surface area contributed by atoms with Gasteiger partial charge in [0.05, 0.1) is 5.54 Å². The molecule has 0 unspecified atom stereocenters. The van der Waals surface area contributed by atoms with E-state index in [1.807, 2.05) is 6.92 Å². The van der Waals surface area contributed by atoms with Crippen LogP contribution in [0.5, 0.6) is 0 Å². The molecule has 0 saturated carbocycles. The zero-order valence-electron chi connectivity index (χ0n) is 9.32. The molecule has 1 aliphatic heterocycles. The number of hydrogen-bond donors (Lipinski definition) is 0. The maximum absolute atomic E-state index is 4.64. The third kappa shape index (κ3) is 2.10. The van der Waals surface area contributed by atoms with Gasteiger partial charge in [-0.15, -0.1) is 11.3 Å². The highest BCUT2D eigenvalue weighted by atomic mass is 32.1. The van der Waals surface area contributed by atoms with Gasteiger partial charge >= 0.3 is 0 Å². The van der Waals surface area contributed by atoms with Gasteiger partial charge in [0.15, 0.2) is 0 Å². The van der Waals surface area contributed by atoms with E-state index in [1.54, 1.807) is 11.3 Å². The topological polar surface area (TPSA) is 12.4 Å². The molecule has 0 saturated heterocycles. The summed E-state index contributed by atoms with van der Waals surface area (Å²) in [6, 6.07) is 4.19. The Bertz CT molecular complexity index is 437. The highest BCUT2D eigenvalue weighted by Gasteiger charge is 2.25. The molecule has 2 heteroatoms. The van der Waals surface area contributed by atoms with Crippen molar-refractivity contribution in [2.45, 2.75) is 26.3 Å². The summed E-state index contributed by atoms with van der Waals surface area (Å²) in [5, 5.41) is 2.09. The highest BCUT2D eigenvalue weighted by molar-refractivity contribution is 7.10. The van der Waals surface area contributed by atoms with Crippen LogP contribution >= 0.6 is 11.3 Å². The monoisotopic (exact) mass is 217 g/mol. The SMILES string of the molecule is CC1=CC(C)=N[C@]1(C)/C=C/c1cccs1. The van der Waals surface area contributed by atoms with Crippen molar-refractivity contribution >= 4 is 23.1 Å². The fraction of sp³-hybridized carbons (Fsp3) is 0.308. The third-order valence-corrected chi connectivity index (χ3v) is 3.59. The number of hydrogen-bond acceptors (Lipinski definition) is 2. The van der Waals surface area contributed by atoms with Gasteiger partial charge in [-0.05, 0) is 49.9 Å². The molecule has 0 amide bonds. The van der Waals surface area contributed by atoms with Crippen molar-refractivity contribution in [1.29, 1.82) is 0 Å². The van der Waals surface area contributed by atoms with Crippen molar-refractivity contribution in [3.05, 3.63) is 40.1 Å². The minimum Gasteiger partial charge on any atom is -0.275 e. The first kappa shape index (κ1) is 10.4. The predicted octanol–water partition coefficient (Wildman–Crippen LogP) is 3.94. The lowest BCUT2D eigenvalue weighted by Gasteiger charge is -2.17. The first-order valence-corrected chi connectivity index (χ1v) is 5.96. The van der Waals surface area contributed by atoms with Crippen molar-refractivity contribution < 1.29 is 0 Å². The van der Waals surface area contributed by atoms with Gasteiger partial charge in [0.1, 0.15) is 0 Å². The second-order valence-corrected chi connectivity index (χ2v) is 5.06. The summed E-state index contributed by atoms with van der Waals surface area (Å²) < 4.78 is 0. The third-order valence-electron chi connectivity index (χ3n) is 2.75. The van der Waals surface area contributed by atoms with Crippen LogP contribution in [0.15, 0.2) is 40.2 Å². The Balaban J connectivity index is 2.23. The molecule has 1 atom stereocenters. The minimum atomic E-state index is -0.131. The van der Waals surface area contributed by atoms with Gasteiger partial charge in [0.2, 0.25) is 0 Å². The van der Waals surface area contributed by atoms with Crippen LogP contribution in [0.3, 0.4) is 0 Å². The molecule has 15 heavy (non-hydrogen) atoms. The number of thiophene rings is 1. The molecule has 0 spiro atoms. The van der Waals surface area contributed by atoms with Crippen molar-refractivity contribution in [3.63, 3.8) is 0 Å². The maximum atomic E-state index is 4.64. The van der Waals surface area contributed by atoms with E-state index in [0.29, 0.717) is 0 Å². The largest absolute Gasteiger partial charge is 0.275 e. The Labute approximate surface area is 94.9 Å². The zero-order valence-corrected chi connectivity index (χ0v) is 10.1. The van der Waals surface area contributed by atoms with E-state index in [1.165, 1.54) is 10.5 Å². The van der Waals surface area contributed by atoms with Crippen LogP contribution in [0.25, 0.3) is 6.08 Å². The summed E-state index contributed by atoms with van der Waals surface area (Å²) >= 11 is 1.75. The van der Waals surface area contributed by atoms with Gasteiger partial charge in [-0.2, -0.15) is 0 Å². The first-order valence-electron chi connectivity index (χ1n) is 5.08. The summed E-state index contributed by atoms with van der Waals surface area (Å²) in [6.07, 6.45) is 6.49. The molecule has 0 fully saturated rings. The molecule has 2 rings (SSSR count). The fourth-order valence-electron chi connectivity index (χ4n) is 1.75. The van der Waals surface area contributed by atoms with Crippen LogP contribution in [0.4, 0.5) is 0 Å². The van der Waals surface area contributed by atoms with Gasteiger partial charge in [-0.25, -0.2) is 0 Å². The first-order chi connectivity index (χ1) is 7.10. The minimum absolute atomic E-state index is 0.131. The predicted molar refractivity (Wildman–Crippen MR) is 68.6 cm³/mol. The smallest absolute Gasteiger partial charge is 0.0976 e. The Morgan fingerprint density at radius 1 is 1.40 bits per heavy atom. The Hall–Kier alpha value is -1.15. The average molecular weight is 217 g/mol. The summed E-state index contributed by atoms with van der Waals surface area (Å²) in [5.74, 6) is 0. The molecule has 1 aliphatic rings. The summed E-state index contributed by atoms with van der Waals surface area (Å²) in [5.41, 5.74) is 2.30. The number of aliphatic imine (C=N–C) groups is 1. The van der Waals surface area contributed by atoms with E-state index in [2.05, 4.69) is 54.6 Å². The summed E-state index contributed by atoms with van der Waals surface area (Å²) in [4.78, 5) is 5.92. The van der Waals surface area contributed by atoms with Gasteiger partial charge in [-0.1, -0.05) is 12.1 Å². The Kier molecular flexibility index (Phi) is 2.61. The van der Waals surface area contributed by atoms with E-state index in [4.69, 9.17) is 0 Å². The molecule has 1 aromatic rings. The molecule has 78 valence electrons. The van der Waals surface area contributed by atoms with E-state index in [9.17, 15) is 0 Å². The van der Waals surface area contributed by atoms with Crippen molar-refractivity contribution in [3.8, 4) is 0 Å². The molecule has 1 nitrogen and oxygen atoms in total. The van der Waals surface area contributed by atoms with Gasteiger partial charge in [0, 0.05) is 10.6 Å². The molecular weight excluding hydrogens is 202 g/mol. The lowest BCUT2D eigenvalue weighted by molar-refractivity contribution is 0.708. The summed E-state index contributed by atoms with van der Waals surface area (Å²) in [7, 11) is 0. The van der Waals surface area contributed by atoms with Gasteiger partial charge in [-0.3, -0.25) is 4.99 Å². The second-order valence-electron chi connectivity index (χ2n) is 4.08. The van der Waals surface area contributed by atoms with E-state index in [0.717, 1.165) is 5.71 Å². The maximum Gasteiger partial charge on any atom is 0.0976 e. The summed E-state index contributed by atoms with van der Waals surface area (Å²) in [6.45, 7) is 6.34. The standard InChI is InChI=1S/C13H15NS/c1-10-9-11(2)14-13(10,3)7-6-12-5-4-8-15-12/h4-9H,1-3H3/b7-6+/t13-/m1/s1. The second kappa shape index (κ2) is 3.78. The quantitative estimate of drug-likeness (QED) is 0.711. The van der Waals surface area contributed by atoms with Crippen LogP contribution in [0.2, 0.25) is 0 Å². The highest BCUT2D eigenvalue weighted by Crippen LogP contribution is 2.29. The molecule has 0 N–H and O–H groups in total. The van der Waals surface area contributed by atoms with Crippen LogP contribution in [0.1, 0.15) is 25.6 Å².